The van der Waals surface area contributed by atoms with Crippen molar-refractivity contribution in [3.05, 3.63) is 71.3 Å². The first-order valence-corrected chi connectivity index (χ1v) is 10.2. The molecule has 3 rings (SSSR count). The highest BCUT2D eigenvalue weighted by molar-refractivity contribution is 6.01. The third-order valence-electron chi connectivity index (χ3n) is 5.09. The number of nitrogens with one attached hydrogen (secondary N) is 1. The summed E-state index contributed by atoms with van der Waals surface area (Å²) in [6, 6.07) is 15.3. The van der Waals surface area contributed by atoms with Crippen molar-refractivity contribution in [2.24, 2.45) is 7.05 Å². The first-order valence-electron chi connectivity index (χ1n) is 10.2. The van der Waals surface area contributed by atoms with Crippen molar-refractivity contribution < 1.29 is 14.3 Å². The molecule has 0 saturated carbocycles. The highest BCUT2D eigenvalue weighted by atomic mass is 16.5. The molecule has 0 spiro atoms. The number of carbonyl (C=O) groups is 2. The van der Waals surface area contributed by atoms with Gasteiger partial charge in [0.15, 0.2) is 0 Å². The number of carbonyl (C=O) groups excluding carboxylic acids is 2. The highest BCUT2D eigenvalue weighted by Gasteiger charge is 2.26. The average Bonchev–Trinajstić information content (AvgIpc) is 3.05. The van der Waals surface area contributed by atoms with E-state index in [0.29, 0.717) is 23.4 Å². The van der Waals surface area contributed by atoms with Gasteiger partial charge in [-0.3, -0.25) is 4.79 Å². The lowest BCUT2D eigenvalue weighted by atomic mass is 9.98. The third-order valence-corrected chi connectivity index (χ3v) is 5.09. The van der Waals surface area contributed by atoms with Crippen molar-refractivity contribution in [1.82, 2.24) is 4.57 Å². The molecule has 1 aromatic heterocycles. The standard InChI is InChI=1S/C25H25N3O3/c1-6-21-23(26-4)22(24(28(21)5)25(30)31-7-2)18-13-11-17(12-14-18)19-9-8-10-20(15-19)27-16(3)29/h8-15H,6-7H2,1-3,5H3,(H,27,29). The zero-order chi connectivity index (χ0) is 22.5. The Labute approximate surface area is 182 Å². The summed E-state index contributed by atoms with van der Waals surface area (Å²) in [5, 5.41) is 2.79. The van der Waals surface area contributed by atoms with E-state index in [1.165, 1.54) is 6.92 Å². The van der Waals surface area contributed by atoms with Crippen molar-refractivity contribution in [3.8, 4) is 22.3 Å². The van der Waals surface area contributed by atoms with Crippen LogP contribution in [0.2, 0.25) is 0 Å². The summed E-state index contributed by atoms with van der Waals surface area (Å²) in [5.74, 6) is -0.557. The van der Waals surface area contributed by atoms with Gasteiger partial charge < -0.3 is 14.6 Å². The molecule has 0 aliphatic rings. The van der Waals surface area contributed by atoms with Gasteiger partial charge in [-0.1, -0.05) is 43.3 Å². The summed E-state index contributed by atoms with van der Waals surface area (Å²) in [6.07, 6.45) is 0.634. The van der Waals surface area contributed by atoms with E-state index in [4.69, 9.17) is 11.3 Å². The number of aromatic nitrogens is 1. The van der Waals surface area contributed by atoms with Crippen molar-refractivity contribution in [2.45, 2.75) is 27.2 Å². The molecule has 0 radical (unpaired) electrons. The molecule has 2 aromatic carbocycles. The second-order valence-electron chi connectivity index (χ2n) is 7.10. The number of hydrogen-bond donors (Lipinski definition) is 1. The van der Waals surface area contributed by atoms with Crippen molar-refractivity contribution >= 4 is 23.3 Å². The summed E-state index contributed by atoms with van der Waals surface area (Å²) in [6.45, 7) is 13.2. The van der Waals surface area contributed by atoms with Gasteiger partial charge in [0, 0.05) is 30.9 Å². The summed E-state index contributed by atoms with van der Waals surface area (Å²) in [7, 11) is 1.80. The fourth-order valence-electron chi connectivity index (χ4n) is 3.76. The lowest BCUT2D eigenvalue weighted by Gasteiger charge is -2.10. The maximum Gasteiger partial charge on any atom is 0.354 e. The SMILES string of the molecule is [C-]#[N+]c1c(-c2ccc(-c3cccc(NC(C)=O)c3)cc2)c(C(=O)OCC)n(C)c1CC. The van der Waals surface area contributed by atoms with Gasteiger partial charge in [0.25, 0.3) is 0 Å². The van der Waals surface area contributed by atoms with Crippen LogP contribution in [0.3, 0.4) is 0 Å². The van der Waals surface area contributed by atoms with Gasteiger partial charge in [0.05, 0.1) is 13.2 Å². The van der Waals surface area contributed by atoms with E-state index >= 15 is 0 Å². The fourth-order valence-corrected chi connectivity index (χ4v) is 3.76. The Morgan fingerprint density at radius 2 is 1.74 bits per heavy atom. The molecule has 1 N–H and O–H groups in total. The predicted molar refractivity (Wildman–Crippen MR) is 122 cm³/mol. The average molecular weight is 415 g/mol. The first-order chi connectivity index (χ1) is 14.9. The van der Waals surface area contributed by atoms with Gasteiger partial charge in [-0.2, -0.15) is 0 Å². The molecule has 3 aromatic rings. The molecule has 0 unspecified atom stereocenters. The molecule has 158 valence electrons. The van der Waals surface area contributed by atoms with Crippen LogP contribution < -0.4 is 5.32 Å². The topological polar surface area (TPSA) is 64.7 Å². The normalized spacial score (nSPS) is 10.4. The first kappa shape index (κ1) is 21.8. The maximum atomic E-state index is 12.7. The van der Waals surface area contributed by atoms with Crippen molar-refractivity contribution in [1.29, 1.82) is 0 Å². The Morgan fingerprint density at radius 3 is 2.32 bits per heavy atom. The minimum Gasteiger partial charge on any atom is -0.461 e. The molecule has 0 aliphatic heterocycles. The van der Waals surface area contributed by atoms with Crippen LogP contribution in [0, 0.1) is 6.57 Å². The molecule has 0 saturated heterocycles. The maximum absolute atomic E-state index is 12.7. The van der Waals surface area contributed by atoms with Crippen LogP contribution in [-0.2, 0) is 23.0 Å². The van der Waals surface area contributed by atoms with E-state index in [9.17, 15) is 9.59 Å². The Kier molecular flexibility index (Phi) is 6.56. The van der Waals surface area contributed by atoms with Crippen LogP contribution in [0.1, 0.15) is 37.0 Å². The monoisotopic (exact) mass is 415 g/mol. The third kappa shape index (κ3) is 4.36. The Hall–Kier alpha value is -3.85. The van der Waals surface area contributed by atoms with E-state index in [0.717, 1.165) is 28.1 Å². The molecule has 0 bridgehead atoms. The van der Waals surface area contributed by atoms with Crippen LogP contribution >= 0.6 is 0 Å². The van der Waals surface area contributed by atoms with E-state index < -0.39 is 5.97 Å². The zero-order valence-electron chi connectivity index (χ0n) is 18.2. The van der Waals surface area contributed by atoms with Crippen LogP contribution in [0.5, 0.6) is 0 Å². The lowest BCUT2D eigenvalue weighted by molar-refractivity contribution is -0.114. The molecule has 6 heteroatoms. The fraction of sp³-hybridized carbons (Fsp3) is 0.240. The van der Waals surface area contributed by atoms with E-state index in [1.807, 2.05) is 55.5 Å². The van der Waals surface area contributed by atoms with Crippen LogP contribution in [-0.4, -0.2) is 23.1 Å². The summed E-state index contributed by atoms with van der Waals surface area (Å²) < 4.78 is 7.04. The number of anilines is 1. The molecule has 0 fully saturated rings. The largest absolute Gasteiger partial charge is 0.461 e. The van der Waals surface area contributed by atoms with Gasteiger partial charge in [0.2, 0.25) is 11.6 Å². The summed E-state index contributed by atoms with van der Waals surface area (Å²) in [5.41, 5.74) is 5.71. The predicted octanol–water partition coefficient (Wildman–Crippen LogP) is 5.61. The summed E-state index contributed by atoms with van der Waals surface area (Å²) >= 11 is 0. The number of benzene rings is 2. The molecular weight excluding hydrogens is 390 g/mol. The molecule has 1 heterocycles. The van der Waals surface area contributed by atoms with Gasteiger partial charge >= 0.3 is 5.97 Å². The number of esters is 1. The minimum absolute atomic E-state index is 0.124. The van der Waals surface area contributed by atoms with Crippen LogP contribution in [0.25, 0.3) is 27.1 Å². The Balaban J connectivity index is 2.08. The van der Waals surface area contributed by atoms with Gasteiger partial charge in [0.1, 0.15) is 5.69 Å². The van der Waals surface area contributed by atoms with Gasteiger partial charge in [-0.25, -0.2) is 9.64 Å². The van der Waals surface area contributed by atoms with Crippen molar-refractivity contribution in [3.63, 3.8) is 0 Å². The number of hydrogen-bond acceptors (Lipinski definition) is 3. The van der Waals surface area contributed by atoms with E-state index in [-0.39, 0.29) is 12.5 Å². The number of rotatable bonds is 6. The molecule has 0 atom stereocenters. The smallest absolute Gasteiger partial charge is 0.354 e. The molecular formula is C25H25N3O3. The molecule has 0 aliphatic carbocycles. The molecule has 1 amide bonds. The Bertz CT molecular complexity index is 1170. The second kappa shape index (κ2) is 9.31. The number of amides is 1. The second-order valence-corrected chi connectivity index (χ2v) is 7.10. The lowest BCUT2D eigenvalue weighted by Crippen LogP contribution is -2.12. The number of ether oxygens (including phenoxy) is 1. The van der Waals surface area contributed by atoms with E-state index in [1.54, 1.807) is 18.5 Å². The van der Waals surface area contributed by atoms with Crippen LogP contribution in [0.4, 0.5) is 11.4 Å². The van der Waals surface area contributed by atoms with Gasteiger partial charge in [-0.15, -0.1) is 0 Å². The number of nitrogens with zero attached hydrogens (tertiary/aromatic N) is 2. The molecule has 6 nitrogen and oxygen atoms in total. The minimum atomic E-state index is -0.434. The summed E-state index contributed by atoms with van der Waals surface area (Å²) in [4.78, 5) is 27.8. The zero-order valence-corrected chi connectivity index (χ0v) is 18.2. The molecule has 31 heavy (non-hydrogen) atoms. The van der Waals surface area contributed by atoms with Crippen LogP contribution in [0.15, 0.2) is 48.5 Å². The van der Waals surface area contributed by atoms with E-state index in [2.05, 4.69) is 10.2 Å². The van der Waals surface area contributed by atoms with Gasteiger partial charge in [-0.05, 0) is 42.2 Å². The Morgan fingerprint density at radius 1 is 1.06 bits per heavy atom. The highest BCUT2D eigenvalue weighted by Crippen LogP contribution is 2.40. The quantitative estimate of drug-likeness (QED) is 0.420. The van der Waals surface area contributed by atoms with Crippen molar-refractivity contribution in [2.75, 3.05) is 11.9 Å².